The van der Waals surface area contributed by atoms with Crippen LogP contribution >= 0.6 is 11.6 Å². The lowest BCUT2D eigenvalue weighted by molar-refractivity contribution is -0.384. The van der Waals surface area contributed by atoms with Gasteiger partial charge in [0.1, 0.15) is 5.69 Å². The van der Waals surface area contributed by atoms with E-state index in [1.54, 1.807) is 12.1 Å². The Labute approximate surface area is 163 Å². The number of piperazine rings is 1. The lowest BCUT2D eigenvalue weighted by Crippen LogP contribution is -2.48. The Bertz CT molecular complexity index is 805. The third kappa shape index (κ3) is 4.98. The molecular formula is C20H22ClN3O3. The Morgan fingerprint density at radius 2 is 1.78 bits per heavy atom. The third-order valence-electron chi connectivity index (χ3n) is 4.81. The summed E-state index contributed by atoms with van der Waals surface area (Å²) in [5.74, 6) is 0.149. The molecule has 1 aliphatic heterocycles. The van der Waals surface area contributed by atoms with E-state index >= 15 is 0 Å². The maximum atomic E-state index is 12.4. The summed E-state index contributed by atoms with van der Waals surface area (Å²) in [7, 11) is 0. The Morgan fingerprint density at radius 1 is 1.07 bits per heavy atom. The van der Waals surface area contributed by atoms with Crippen molar-refractivity contribution in [2.45, 2.75) is 19.3 Å². The van der Waals surface area contributed by atoms with E-state index in [1.807, 2.05) is 28.0 Å². The van der Waals surface area contributed by atoms with Gasteiger partial charge in [-0.15, -0.1) is 0 Å². The molecule has 0 unspecified atom stereocenters. The minimum absolute atomic E-state index is 0.00476. The van der Waals surface area contributed by atoms with Gasteiger partial charge in [0, 0.05) is 43.7 Å². The summed E-state index contributed by atoms with van der Waals surface area (Å²) >= 11 is 5.88. The van der Waals surface area contributed by atoms with E-state index < -0.39 is 4.92 Å². The minimum atomic E-state index is -0.414. The molecular weight excluding hydrogens is 366 g/mol. The van der Waals surface area contributed by atoms with E-state index in [1.165, 1.54) is 11.6 Å². The number of amides is 1. The molecule has 1 amide bonds. The highest BCUT2D eigenvalue weighted by atomic mass is 35.5. The average molecular weight is 388 g/mol. The highest BCUT2D eigenvalue weighted by molar-refractivity contribution is 6.30. The molecule has 1 saturated heterocycles. The van der Waals surface area contributed by atoms with Gasteiger partial charge in [0.25, 0.3) is 5.69 Å². The monoisotopic (exact) mass is 387 g/mol. The molecule has 0 N–H and O–H groups in total. The second-order valence-electron chi connectivity index (χ2n) is 6.60. The summed E-state index contributed by atoms with van der Waals surface area (Å²) in [5.41, 5.74) is 1.80. The van der Waals surface area contributed by atoms with Crippen molar-refractivity contribution < 1.29 is 9.72 Å². The zero-order chi connectivity index (χ0) is 19.2. The standard InChI is InChI=1S/C20H22ClN3O3/c21-17-9-10-18(19(15-17)24(26)27)22-11-13-23(14-12-22)20(25)8-4-7-16-5-2-1-3-6-16/h1-3,5-6,9-10,15H,4,7-8,11-14H2. The van der Waals surface area contributed by atoms with Crippen molar-refractivity contribution >= 4 is 28.9 Å². The van der Waals surface area contributed by atoms with Crippen molar-refractivity contribution in [1.82, 2.24) is 4.90 Å². The number of nitrogens with zero attached hydrogens (tertiary/aromatic N) is 3. The third-order valence-corrected chi connectivity index (χ3v) is 5.04. The molecule has 0 bridgehead atoms. The topological polar surface area (TPSA) is 66.7 Å². The number of nitro benzene ring substituents is 1. The number of hydrogen-bond donors (Lipinski definition) is 0. The van der Waals surface area contributed by atoms with Gasteiger partial charge in [-0.2, -0.15) is 0 Å². The molecule has 3 rings (SSSR count). The molecule has 0 radical (unpaired) electrons. The van der Waals surface area contributed by atoms with Gasteiger partial charge in [-0.1, -0.05) is 41.9 Å². The summed E-state index contributed by atoms with van der Waals surface area (Å²) in [6.07, 6.45) is 2.24. The largest absolute Gasteiger partial charge is 0.362 e. The van der Waals surface area contributed by atoms with Crippen LogP contribution in [0.15, 0.2) is 48.5 Å². The number of carbonyl (C=O) groups excluding carboxylic acids is 1. The predicted molar refractivity (Wildman–Crippen MR) is 106 cm³/mol. The number of rotatable bonds is 6. The number of aryl methyl sites for hydroxylation is 1. The first kappa shape index (κ1) is 19.2. The van der Waals surface area contributed by atoms with Gasteiger partial charge in [-0.3, -0.25) is 14.9 Å². The molecule has 7 heteroatoms. The number of halogens is 1. The van der Waals surface area contributed by atoms with Crippen LogP contribution in [0.3, 0.4) is 0 Å². The van der Waals surface area contributed by atoms with Crippen molar-refractivity contribution in [3.63, 3.8) is 0 Å². The van der Waals surface area contributed by atoms with Crippen molar-refractivity contribution in [2.75, 3.05) is 31.1 Å². The fraction of sp³-hybridized carbons (Fsp3) is 0.350. The van der Waals surface area contributed by atoms with Crippen molar-refractivity contribution in [2.24, 2.45) is 0 Å². The molecule has 27 heavy (non-hydrogen) atoms. The van der Waals surface area contributed by atoms with Crippen molar-refractivity contribution in [3.05, 3.63) is 69.2 Å². The van der Waals surface area contributed by atoms with Crippen molar-refractivity contribution in [1.29, 1.82) is 0 Å². The first-order valence-electron chi connectivity index (χ1n) is 9.05. The normalized spacial score (nSPS) is 14.3. The van der Waals surface area contributed by atoms with Crippen LogP contribution in [0, 0.1) is 10.1 Å². The molecule has 0 saturated carbocycles. The Balaban J connectivity index is 1.51. The van der Waals surface area contributed by atoms with Gasteiger partial charge in [0.05, 0.1) is 4.92 Å². The number of hydrogen-bond acceptors (Lipinski definition) is 4. The molecule has 0 atom stereocenters. The van der Waals surface area contributed by atoms with Gasteiger partial charge < -0.3 is 9.80 Å². The smallest absolute Gasteiger partial charge is 0.294 e. The molecule has 0 aliphatic carbocycles. The quantitative estimate of drug-likeness (QED) is 0.556. The molecule has 1 aliphatic rings. The summed E-state index contributed by atoms with van der Waals surface area (Å²) in [6.45, 7) is 2.30. The second kappa shape index (κ2) is 8.86. The lowest BCUT2D eigenvalue weighted by Gasteiger charge is -2.36. The van der Waals surface area contributed by atoms with Gasteiger partial charge in [0.15, 0.2) is 0 Å². The van der Waals surface area contributed by atoms with E-state index in [9.17, 15) is 14.9 Å². The molecule has 6 nitrogen and oxygen atoms in total. The van der Waals surface area contributed by atoms with Crippen LogP contribution in [0.5, 0.6) is 0 Å². The second-order valence-corrected chi connectivity index (χ2v) is 7.03. The Hall–Kier alpha value is -2.60. The van der Waals surface area contributed by atoms with Crippen LogP contribution in [-0.2, 0) is 11.2 Å². The summed E-state index contributed by atoms with van der Waals surface area (Å²) in [4.78, 5) is 27.1. The van der Waals surface area contributed by atoms with E-state index in [0.29, 0.717) is 43.3 Å². The van der Waals surface area contributed by atoms with E-state index in [-0.39, 0.29) is 11.6 Å². The lowest BCUT2D eigenvalue weighted by atomic mass is 10.1. The van der Waals surface area contributed by atoms with Gasteiger partial charge >= 0.3 is 0 Å². The molecule has 1 heterocycles. The van der Waals surface area contributed by atoms with Crippen LogP contribution in [0.1, 0.15) is 18.4 Å². The van der Waals surface area contributed by atoms with Gasteiger partial charge in [-0.05, 0) is 30.5 Å². The fourth-order valence-corrected chi connectivity index (χ4v) is 3.52. The summed E-state index contributed by atoms with van der Waals surface area (Å²) in [6, 6.07) is 14.9. The number of nitro groups is 1. The van der Waals surface area contributed by atoms with Crippen molar-refractivity contribution in [3.8, 4) is 0 Å². The maximum Gasteiger partial charge on any atom is 0.294 e. The van der Waals surface area contributed by atoms with Gasteiger partial charge in [-0.25, -0.2) is 0 Å². The SMILES string of the molecule is O=C(CCCc1ccccc1)N1CCN(c2ccc(Cl)cc2[N+](=O)[O-])CC1. The minimum Gasteiger partial charge on any atom is -0.362 e. The number of carbonyl (C=O) groups is 1. The summed E-state index contributed by atoms with van der Waals surface area (Å²) < 4.78 is 0. The van der Waals surface area contributed by atoms with E-state index in [0.717, 1.165) is 12.8 Å². The van der Waals surface area contributed by atoms with Crippen LogP contribution in [0.4, 0.5) is 11.4 Å². The Kier molecular flexibility index (Phi) is 6.29. The molecule has 1 fully saturated rings. The molecule has 0 spiro atoms. The van der Waals surface area contributed by atoms with Crippen LogP contribution in [0.25, 0.3) is 0 Å². The first-order chi connectivity index (χ1) is 13.0. The Morgan fingerprint density at radius 3 is 2.44 bits per heavy atom. The highest BCUT2D eigenvalue weighted by Crippen LogP contribution is 2.31. The molecule has 0 aromatic heterocycles. The van der Waals surface area contributed by atoms with Gasteiger partial charge in [0.2, 0.25) is 5.91 Å². The molecule has 142 valence electrons. The fourth-order valence-electron chi connectivity index (χ4n) is 3.35. The van der Waals surface area contributed by atoms with E-state index in [2.05, 4.69) is 12.1 Å². The van der Waals surface area contributed by atoms with Crippen LogP contribution in [0.2, 0.25) is 5.02 Å². The zero-order valence-corrected chi connectivity index (χ0v) is 15.8. The molecule has 2 aromatic carbocycles. The predicted octanol–water partition coefficient (Wildman–Crippen LogP) is 3.92. The summed E-state index contributed by atoms with van der Waals surface area (Å²) in [5, 5.41) is 11.6. The highest BCUT2D eigenvalue weighted by Gasteiger charge is 2.25. The first-order valence-corrected chi connectivity index (χ1v) is 9.43. The number of benzene rings is 2. The number of anilines is 1. The van der Waals surface area contributed by atoms with E-state index in [4.69, 9.17) is 11.6 Å². The zero-order valence-electron chi connectivity index (χ0n) is 15.0. The average Bonchev–Trinajstić information content (AvgIpc) is 2.69. The maximum absolute atomic E-state index is 12.4. The molecule has 2 aromatic rings. The van der Waals surface area contributed by atoms with Crippen LogP contribution < -0.4 is 4.90 Å². The van der Waals surface area contributed by atoms with Crippen LogP contribution in [-0.4, -0.2) is 41.9 Å².